The summed E-state index contributed by atoms with van der Waals surface area (Å²) in [6.45, 7) is 0.387. The molecule has 0 unspecified atom stereocenters. The molecule has 0 saturated heterocycles. The third-order valence-electron chi connectivity index (χ3n) is 3.67. The number of carbonyl (C=O) groups excluding carboxylic acids is 1. The minimum Gasteiger partial charge on any atom is -0.495 e. The summed E-state index contributed by atoms with van der Waals surface area (Å²) in [6, 6.07) is 20.6. The zero-order chi connectivity index (χ0) is 17.5. The SMILES string of the molecule is COc1ccccc1N(C=O)c1ncccc1OCc1ccccc1. The van der Waals surface area contributed by atoms with Crippen LogP contribution in [0.3, 0.4) is 0 Å². The molecular formula is C20H18N2O3. The van der Waals surface area contributed by atoms with Gasteiger partial charge in [-0.15, -0.1) is 0 Å². The van der Waals surface area contributed by atoms with Crippen molar-refractivity contribution in [3.8, 4) is 11.5 Å². The van der Waals surface area contributed by atoms with Crippen molar-refractivity contribution in [3.63, 3.8) is 0 Å². The lowest BCUT2D eigenvalue weighted by atomic mass is 10.2. The van der Waals surface area contributed by atoms with Crippen molar-refractivity contribution in [1.29, 1.82) is 0 Å². The molecule has 0 N–H and O–H groups in total. The predicted molar refractivity (Wildman–Crippen MR) is 96.2 cm³/mol. The lowest BCUT2D eigenvalue weighted by Gasteiger charge is -2.21. The van der Waals surface area contributed by atoms with Crippen molar-refractivity contribution >= 4 is 17.9 Å². The van der Waals surface area contributed by atoms with Crippen molar-refractivity contribution in [2.75, 3.05) is 12.0 Å². The number of amides is 1. The van der Waals surface area contributed by atoms with Gasteiger partial charge in [0.25, 0.3) is 0 Å². The zero-order valence-electron chi connectivity index (χ0n) is 13.8. The van der Waals surface area contributed by atoms with E-state index in [4.69, 9.17) is 9.47 Å². The van der Waals surface area contributed by atoms with E-state index in [1.807, 2.05) is 42.5 Å². The average Bonchev–Trinajstić information content (AvgIpc) is 2.69. The Hall–Kier alpha value is -3.34. The van der Waals surface area contributed by atoms with Crippen LogP contribution in [0.25, 0.3) is 0 Å². The average molecular weight is 334 g/mol. The van der Waals surface area contributed by atoms with E-state index in [0.29, 0.717) is 36.0 Å². The fraction of sp³-hybridized carbons (Fsp3) is 0.100. The van der Waals surface area contributed by atoms with Crippen molar-refractivity contribution in [3.05, 3.63) is 78.5 Å². The normalized spacial score (nSPS) is 10.1. The number of methoxy groups -OCH3 is 1. The second-order valence-electron chi connectivity index (χ2n) is 5.25. The summed E-state index contributed by atoms with van der Waals surface area (Å²) in [5, 5.41) is 0. The maximum absolute atomic E-state index is 11.8. The first-order chi connectivity index (χ1) is 12.3. The van der Waals surface area contributed by atoms with E-state index < -0.39 is 0 Å². The predicted octanol–water partition coefficient (Wildman–Crippen LogP) is 3.96. The van der Waals surface area contributed by atoms with E-state index >= 15 is 0 Å². The maximum atomic E-state index is 11.8. The molecule has 3 rings (SSSR count). The number of nitrogens with zero attached hydrogens (tertiary/aromatic N) is 2. The van der Waals surface area contributed by atoms with Gasteiger partial charge >= 0.3 is 0 Å². The van der Waals surface area contributed by atoms with Gasteiger partial charge in [0.15, 0.2) is 11.6 Å². The van der Waals surface area contributed by atoms with Crippen LogP contribution < -0.4 is 14.4 Å². The molecule has 126 valence electrons. The molecule has 0 spiro atoms. The smallest absolute Gasteiger partial charge is 0.220 e. The number of para-hydroxylation sites is 2. The molecule has 0 atom stereocenters. The topological polar surface area (TPSA) is 51.7 Å². The van der Waals surface area contributed by atoms with E-state index in [1.165, 1.54) is 4.90 Å². The number of carbonyl (C=O) groups is 1. The number of hydrogen-bond acceptors (Lipinski definition) is 4. The van der Waals surface area contributed by atoms with Gasteiger partial charge in [0.05, 0.1) is 12.8 Å². The van der Waals surface area contributed by atoms with Gasteiger partial charge in [-0.2, -0.15) is 0 Å². The number of benzene rings is 2. The van der Waals surface area contributed by atoms with Crippen molar-refractivity contribution in [2.24, 2.45) is 0 Å². The summed E-state index contributed by atoms with van der Waals surface area (Å²) in [5.74, 6) is 1.51. The van der Waals surface area contributed by atoms with E-state index in [0.717, 1.165) is 5.56 Å². The van der Waals surface area contributed by atoms with Crippen LogP contribution in [0, 0.1) is 0 Å². The van der Waals surface area contributed by atoms with Crippen LogP contribution in [0.1, 0.15) is 5.56 Å². The first kappa shape index (κ1) is 16.5. The molecule has 5 heteroatoms. The van der Waals surface area contributed by atoms with Crippen molar-refractivity contribution < 1.29 is 14.3 Å². The molecule has 0 aliphatic rings. The molecule has 25 heavy (non-hydrogen) atoms. The summed E-state index contributed by atoms with van der Waals surface area (Å²) in [7, 11) is 1.56. The minimum absolute atomic E-state index is 0.387. The number of aromatic nitrogens is 1. The third-order valence-corrected chi connectivity index (χ3v) is 3.67. The number of pyridine rings is 1. The lowest BCUT2D eigenvalue weighted by Crippen LogP contribution is -2.17. The van der Waals surface area contributed by atoms with Crippen molar-refractivity contribution in [1.82, 2.24) is 4.98 Å². The van der Waals surface area contributed by atoms with E-state index in [2.05, 4.69) is 4.98 Å². The Bertz CT molecular complexity index is 837. The molecular weight excluding hydrogens is 316 g/mol. The van der Waals surface area contributed by atoms with E-state index in [-0.39, 0.29) is 0 Å². The fourth-order valence-electron chi connectivity index (χ4n) is 2.46. The monoisotopic (exact) mass is 334 g/mol. The van der Waals surface area contributed by atoms with Crippen LogP contribution in [0.4, 0.5) is 11.5 Å². The molecule has 1 heterocycles. The van der Waals surface area contributed by atoms with Gasteiger partial charge in [-0.1, -0.05) is 42.5 Å². The molecule has 0 saturated carbocycles. The highest BCUT2D eigenvalue weighted by Gasteiger charge is 2.18. The Morgan fingerprint density at radius 1 is 0.960 bits per heavy atom. The molecule has 3 aromatic rings. The van der Waals surface area contributed by atoms with E-state index in [1.54, 1.807) is 37.6 Å². The summed E-state index contributed by atoms with van der Waals surface area (Å²) in [5.41, 5.74) is 1.63. The van der Waals surface area contributed by atoms with Gasteiger partial charge in [-0.25, -0.2) is 4.98 Å². The van der Waals surface area contributed by atoms with Gasteiger partial charge in [-0.3, -0.25) is 9.69 Å². The van der Waals surface area contributed by atoms with Crippen LogP contribution >= 0.6 is 0 Å². The summed E-state index contributed by atoms with van der Waals surface area (Å²) in [4.78, 5) is 17.5. The van der Waals surface area contributed by atoms with Crippen LogP contribution in [0.15, 0.2) is 72.9 Å². The number of anilines is 2. The van der Waals surface area contributed by atoms with Crippen LogP contribution in [0.5, 0.6) is 11.5 Å². The Kier molecular flexibility index (Phi) is 5.26. The molecule has 0 radical (unpaired) electrons. The molecule has 5 nitrogen and oxygen atoms in total. The Morgan fingerprint density at radius 3 is 2.44 bits per heavy atom. The molecule has 0 bridgehead atoms. The maximum Gasteiger partial charge on any atom is 0.220 e. The highest BCUT2D eigenvalue weighted by molar-refractivity contribution is 5.89. The summed E-state index contributed by atoms with van der Waals surface area (Å²) < 4.78 is 11.2. The Morgan fingerprint density at radius 2 is 1.68 bits per heavy atom. The highest BCUT2D eigenvalue weighted by Crippen LogP contribution is 2.36. The van der Waals surface area contributed by atoms with Crippen LogP contribution in [0.2, 0.25) is 0 Å². The van der Waals surface area contributed by atoms with Crippen LogP contribution in [-0.2, 0) is 11.4 Å². The third kappa shape index (κ3) is 3.77. The lowest BCUT2D eigenvalue weighted by molar-refractivity contribution is -0.106. The van der Waals surface area contributed by atoms with E-state index in [9.17, 15) is 4.79 Å². The van der Waals surface area contributed by atoms with Crippen molar-refractivity contribution in [2.45, 2.75) is 6.61 Å². The molecule has 0 aliphatic carbocycles. The quantitative estimate of drug-likeness (QED) is 0.614. The first-order valence-electron chi connectivity index (χ1n) is 7.83. The number of hydrogen-bond donors (Lipinski definition) is 0. The molecule has 0 fully saturated rings. The molecule has 1 aromatic heterocycles. The summed E-state index contributed by atoms with van der Waals surface area (Å²) >= 11 is 0. The minimum atomic E-state index is 0.387. The van der Waals surface area contributed by atoms with Crippen LogP contribution in [-0.4, -0.2) is 18.5 Å². The standard InChI is InChI=1S/C20H18N2O3/c1-24-18-11-6-5-10-17(18)22(15-23)20-19(12-7-13-21-20)25-14-16-8-3-2-4-9-16/h2-13,15H,14H2,1H3. The van der Waals surface area contributed by atoms with Gasteiger partial charge in [0.2, 0.25) is 6.41 Å². The highest BCUT2D eigenvalue weighted by atomic mass is 16.5. The fourth-order valence-corrected chi connectivity index (χ4v) is 2.46. The molecule has 2 aromatic carbocycles. The summed E-state index contributed by atoms with van der Waals surface area (Å²) in [6.07, 6.45) is 2.33. The second-order valence-corrected chi connectivity index (χ2v) is 5.25. The second kappa shape index (κ2) is 7.97. The van der Waals surface area contributed by atoms with Gasteiger partial charge < -0.3 is 9.47 Å². The Labute approximate surface area is 146 Å². The Balaban J connectivity index is 1.91. The van der Waals surface area contributed by atoms with Gasteiger partial charge in [-0.05, 0) is 29.8 Å². The zero-order valence-corrected chi connectivity index (χ0v) is 13.8. The molecule has 1 amide bonds. The van der Waals surface area contributed by atoms with Gasteiger partial charge in [0, 0.05) is 6.20 Å². The largest absolute Gasteiger partial charge is 0.495 e. The first-order valence-corrected chi connectivity index (χ1v) is 7.83. The van der Waals surface area contributed by atoms with Gasteiger partial charge in [0.1, 0.15) is 12.4 Å². The number of rotatable bonds is 7. The number of ether oxygens (including phenoxy) is 2. The molecule has 0 aliphatic heterocycles.